The van der Waals surface area contributed by atoms with Gasteiger partial charge in [-0.2, -0.15) is 0 Å². The van der Waals surface area contributed by atoms with E-state index in [0.717, 1.165) is 0 Å². The Morgan fingerprint density at radius 2 is 2.43 bits per heavy atom. The minimum atomic E-state index is -3.31. The molecule has 0 heterocycles. The van der Waals surface area contributed by atoms with Gasteiger partial charge in [-0.05, 0) is 0 Å². The van der Waals surface area contributed by atoms with Crippen molar-refractivity contribution in [2.24, 2.45) is 0 Å². The summed E-state index contributed by atoms with van der Waals surface area (Å²) >= 11 is -3.31. The van der Waals surface area contributed by atoms with Gasteiger partial charge in [0.2, 0.25) is 0 Å². The molecule has 0 aromatic rings. The van der Waals surface area contributed by atoms with E-state index < -0.39 is 13.8 Å². The zero-order valence-corrected chi connectivity index (χ0v) is 6.17. The second-order valence-electron chi connectivity index (χ2n) is 1.52. The Hall–Kier alpha value is 0.0584. The summed E-state index contributed by atoms with van der Waals surface area (Å²) < 4.78 is 18.9. The van der Waals surface area contributed by atoms with Crippen LogP contribution in [0, 0.1) is 0 Å². The summed E-state index contributed by atoms with van der Waals surface area (Å²) in [6.45, 7) is 3.33. The average Bonchev–Trinajstić information content (AvgIpc) is 1.30. The monoisotopic (exact) mass is 164 g/mol. The van der Waals surface area contributed by atoms with Gasteiger partial charge in [0.1, 0.15) is 0 Å². The van der Waals surface area contributed by atoms with Crippen LogP contribution in [0.1, 0.15) is 0 Å². The molecule has 3 heteroatoms. The molecule has 1 atom stereocenters. The number of hydrogen-bond donors (Lipinski definition) is 1. The van der Waals surface area contributed by atoms with Crippen molar-refractivity contribution in [3.63, 3.8) is 0 Å². The Morgan fingerprint density at radius 3 is 2.43 bits per heavy atom. The molecule has 0 spiro atoms. The Labute approximate surface area is 45.9 Å². The second-order valence-corrected chi connectivity index (χ2v) is 6.70. The Kier molecular flexibility index (Phi) is 2.41. The first-order valence-corrected chi connectivity index (χ1v) is 6.77. The van der Waals surface area contributed by atoms with E-state index in [2.05, 4.69) is 6.58 Å². The fraction of sp³-hybridized carbons (Fsp3) is 0.500. The molecule has 0 saturated carbocycles. The molecule has 0 aromatic carbocycles. The molecule has 0 fully saturated rings. The molecular weight excluding hydrogens is 155 g/mol. The molecule has 0 aliphatic rings. The van der Waals surface area contributed by atoms with Gasteiger partial charge in [-0.15, -0.1) is 0 Å². The van der Waals surface area contributed by atoms with E-state index in [1.54, 1.807) is 0 Å². The van der Waals surface area contributed by atoms with Gasteiger partial charge < -0.3 is 0 Å². The van der Waals surface area contributed by atoms with E-state index in [0.29, 0.717) is 0 Å². The van der Waals surface area contributed by atoms with Gasteiger partial charge in [-0.25, -0.2) is 0 Å². The van der Waals surface area contributed by atoms with E-state index in [-0.39, 0.29) is 5.21 Å². The number of rotatable bonds is 2. The summed E-state index contributed by atoms with van der Waals surface area (Å²) in [4.78, 5) is 0. The van der Waals surface area contributed by atoms with E-state index >= 15 is 0 Å². The third-order valence-corrected chi connectivity index (χ3v) is 2.43. The summed E-state index contributed by atoms with van der Waals surface area (Å²) in [5.41, 5.74) is 1.37. The van der Waals surface area contributed by atoms with Crippen LogP contribution < -0.4 is 0 Å². The zero-order valence-electron chi connectivity index (χ0n) is 4.29. The zero-order chi connectivity index (χ0) is 5.91. The molecule has 7 heavy (non-hydrogen) atoms. The van der Waals surface area contributed by atoms with Crippen LogP contribution in [-0.4, -0.2) is 17.9 Å². The van der Waals surface area contributed by atoms with Crippen molar-refractivity contribution in [1.29, 1.82) is 0 Å². The quantitative estimate of drug-likeness (QED) is 0.481. The van der Waals surface area contributed by atoms with Crippen LogP contribution in [0.5, 0.6) is 0 Å². The van der Waals surface area contributed by atoms with Crippen molar-refractivity contribution in [3.05, 3.63) is 12.7 Å². The van der Waals surface area contributed by atoms with Crippen LogP contribution in [0.2, 0.25) is 10.9 Å². The van der Waals surface area contributed by atoms with Gasteiger partial charge in [-0.1, -0.05) is 0 Å². The maximum atomic E-state index is 10.4. The predicted molar refractivity (Wildman–Crippen MR) is 29.5 cm³/mol. The van der Waals surface area contributed by atoms with Gasteiger partial charge >= 0.3 is 45.2 Å². The predicted octanol–water partition coefficient (Wildman–Crippen LogP) is 0.667. The molecule has 0 amide bonds. The first-order chi connectivity index (χ1) is 3.06. The van der Waals surface area contributed by atoms with Crippen molar-refractivity contribution in [2.75, 3.05) is 0 Å². The summed E-state index contributed by atoms with van der Waals surface area (Å²) in [5.74, 6) is 0. The van der Waals surface area contributed by atoms with E-state index in [1.807, 2.05) is 0 Å². The van der Waals surface area contributed by atoms with Crippen molar-refractivity contribution in [3.8, 4) is 0 Å². The van der Waals surface area contributed by atoms with Crippen LogP contribution in [-0.2, 0) is 3.74 Å². The third-order valence-electron chi connectivity index (χ3n) is 0.468. The molecule has 0 saturated heterocycles. The van der Waals surface area contributed by atoms with Gasteiger partial charge in [0.25, 0.3) is 0 Å². The Morgan fingerprint density at radius 1 is 2.00 bits per heavy atom. The third kappa shape index (κ3) is 6.06. The SMILES string of the molecule is C=CC[As](C)(=O)O. The number of hydrogen-bond acceptors (Lipinski definition) is 1. The minimum absolute atomic E-state index is 0.276. The second kappa shape index (κ2) is 2.39. The molecule has 0 radical (unpaired) electrons. The van der Waals surface area contributed by atoms with Gasteiger partial charge in [0.05, 0.1) is 0 Å². The van der Waals surface area contributed by atoms with Gasteiger partial charge in [0, 0.05) is 0 Å². The normalized spacial score (nSPS) is 18.0. The molecule has 42 valence electrons. The van der Waals surface area contributed by atoms with Gasteiger partial charge in [0.15, 0.2) is 0 Å². The van der Waals surface area contributed by atoms with E-state index in [4.69, 9.17) is 4.10 Å². The Bertz CT molecular complexity index is 102. The molecule has 2 nitrogen and oxygen atoms in total. The van der Waals surface area contributed by atoms with Crippen LogP contribution in [0.25, 0.3) is 0 Å². The van der Waals surface area contributed by atoms with Crippen LogP contribution in [0.4, 0.5) is 0 Å². The summed E-state index contributed by atoms with van der Waals surface area (Å²) in [7, 11) is 0. The van der Waals surface area contributed by atoms with E-state index in [9.17, 15) is 3.74 Å². The standard InChI is InChI=1S/C4H9AsO2/c1-3-4-5(2,6)7/h3H,1,4H2,2H3,(H,6,7). The van der Waals surface area contributed by atoms with Crippen molar-refractivity contribution in [2.45, 2.75) is 10.9 Å². The van der Waals surface area contributed by atoms with Crippen LogP contribution >= 0.6 is 0 Å². The molecule has 0 aliphatic heterocycles. The molecule has 0 rings (SSSR count). The number of allylic oxidation sites excluding steroid dienone is 1. The Balaban J connectivity index is 3.57. The molecule has 1 unspecified atom stereocenters. The average molecular weight is 164 g/mol. The molecule has 0 aliphatic carbocycles. The summed E-state index contributed by atoms with van der Waals surface area (Å²) in [6, 6.07) is 0. The van der Waals surface area contributed by atoms with Crippen LogP contribution in [0.3, 0.4) is 0 Å². The fourth-order valence-corrected chi connectivity index (χ4v) is 1.24. The van der Waals surface area contributed by atoms with Crippen molar-refractivity contribution in [1.82, 2.24) is 0 Å². The maximum absolute atomic E-state index is 10.4. The summed E-state index contributed by atoms with van der Waals surface area (Å²) in [5, 5.41) is 0.276. The fourth-order valence-electron chi connectivity index (χ4n) is 0.240. The molecule has 0 bridgehead atoms. The molecule has 1 N–H and O–H groups in total. The first-order valence-electron chi connectivity index (χ1n) is 1.96. The van der Waals surface area contributed by atoms with Crippen LogP contribution in [0.15, 0.2) is 12.7 Å². The molecular formula is C4H9AsO2. The van der Waals surface area contributed by atoms with Gasteiger partial charge in [-0.3, -0.25) is 0 Å². The first kappa shape index (κ1) is 7.06. The van der Waals surface area contributed by atoms with Crippen molar-refractivity contribution >= 4 is 13.8 Å². The van der Waals surface area contributed by atoms with E-state index in [1.165, 1.54) is 11.8 Å². The topological polar surface area (TPSA) is 37.3 Å². The summed E-state index contributed by atoms with van der Waals surface area (Å²) in [6.07, 6.45) is 1.47. The molecule has 0 aromatic heterocycles. The van der Waals surface area contributed by atoms with Crippen molar-refractivity contribution < 1.29 is 7.84 Å².